The van der Waals surface area contributed by atoms with E-state index >= 15 is 0 Å². The Bertz CT molecular complexity index is 1160. The zero-order chi connectivity index (χ0) is 20.9. The SMILES string of the molecule is O=C(CC1c2c(F)cccc2-c2cncn21)C1CCC(c2ccc3c(c2)OCO3)CC1. The van der Waals surface area contributed by atoms with E-state index in [1.54, 1.807) is 18.6 Å². The highest BCUT2D eigenvalue weighted by Gasteiger charge is 2.35. The molecule has 158 valence electrons. The van der Waals surface area contributed by atoms with Gasteiger partial charge in [0.2, 0.25) is 6.79 Å². The van der Waals surface area contributed by atoms with Gasteiger partial charge in [-0.15, -0.1) is 0 Å². The summed E-state index contributed by atoms with van der Waals surface area (Å²) in [6.07, 6.45) is 7.46. The standard InChI is InChI=1S/C25H23FN2O3/c26-19-3-1-2-18-21-12-27-13-28(21)20(25(18)19)11-22(29)16-6-4-15(5-7-16)17-8-9-23-24(10-17)31-14-30-23/h1-3,8-10,12-13,15-16,20H,4-7,11,14H2. The zero-order valence-corrected chi connectivity index (χ0v) is 17.1. The number of fused-ring (bicyclic) bond motifs is 4. The summed E-state index contributed by atoms with van der Waals surface area (Å²) in [6.45, 7) is 0.281. The van der Waals surface area contributed by atoms with Gasteiger partial charge in [-0.25, -0.2) is 9.37 Å². The second-order valence-electron chi connectivity index (χ2n) is 8.73. The smallest absolute Gasteiger partial charge is 0.231 e. The topological polar surface area (TPSA) is 53.4 Å². The molecule has 2 aromatic carbocycles. The quantitative estimate of drug-likeness (QED) is 0.580. The van der Waals surface area contributed by atoms with Crippen molar-refractivity contribution < 1.29 is 18.7 Å². The van der Waals surface area contributed by atoms with Crippen LogP contribution in [0.5, 0.6) is 11.5 Å². The minimum atomic E-state index is -0.298. The fraction of sp³-hybridized carbons (Fsp3) is 0.360. The third-order valence-corrected chi connectivity index (χ3v) is 7.11. The first-order chi connectivity index (χ1) is 15.2. The second kappa shape index (κ2) is 7.22. The van der Waals surface area contributed by atoms with Crippen LogP contribution in [-0.2, 0) is 4.79 Å². The lowest BCUT2D eigenvalue weighted by Gasteiger charge is -2.29. The van der Waals surface area contributed by atoms with Gasteiger partial charge in [0.25, 0.3) is 0 Å². The van der Waals surface area contributed by atoms with E-state index in [1.165, 1.54) is 11.6 Å². The molecule has 31 heavy (non-hydrogen) atoms. The number of halogens is 1. The highest BCUT2D eigenvalue weighted by Crippen LogP contribution is 2.45. The van der Waals surface area contributed by atoms with Crippen molar-refractivity contribution in [1.82, 2.24) is 9.55 Å². The van der Waals surface area contributed by atoms with Crippen molar-refractivity contribution in [2.75, 3.05) is 6.79 Å². The summed E-state index contributed by atoms with van der Waals surface area (Å²) in [7, 11) is 0. The van der Waals surface area contributed by atoms with Gasteiger partial charge in [0.1, 0.15) is 11.6 Å². The number of hydrogen-bond donors (Lipinski definition) is 0. The van der Waals surface area contributed by atoms with E-state index in [0.29, 0.717) is 17.9 Å². The largest absolute Gasteiger partial charge is 0.454 e. The normalized spacial score (nSPS) is 23.5. The predicted molar refractivity (Wildman–Crippen MR) is 113 cm³/mol. The number of ether oxygens (including phenoxy) is 2. The van der Waals surface area contributed by atoms with E-state index in [4.69, 9.17) is 9.47 Å². The van der Waals surface area contributed by atoms with Crippen LogP contribution in [-0.4, -0.2) is 22.1 Å². The Morgan fingerprint density at radius 3 is 2.81 bits per heavy atom. The van der Waals surface area contributed by atoms with Crippen molar-refractivity contribution in [2.24, 2.45) is 5.92 Å². The van der Waals surface area contributed by atoms with Crippen LogP contribution in [0.1, 0.15) is 55.2 Å². The van der Waals surface area contributed by atoms with Crippen LogP contribution >= 0.6 is 0 Å². The molecule has 0 bridgehead atoms. The maximum atomic E-state index is 14.6. The van der Waals surface area contributed by atoms with Crippen molar-refractivity contribution in [3.8, 4) is 22.8 Å². The second-order valence-corrected chi connectivity index (χ2v) is 8.73. The highest BCUT2D eigenvalue weighted by atomic mass is 19.1. The van der Waals surface area contributed by atoms with Crippen molar-refractivity contribution in [2.45, 2.75) is 44.1 Å². The molecule has 1 atom stereocenters. The lowest BCUT2D eigenvalue weighted by Crippen LogP contribution is -2.24. The van der Waals surface area contributed by atoms with Crippen LogP contribution in [0.3, 0.4) is 0 Å². The first kappa shape index (κ1) is 18.6. The van der Waals surface area contributed by atoms with Crippen LogP contribution in [0, 0.1) is 11.7 Å². The Morgan fingerprint density at radius 1 is 1.10 bits per heavy atom. The lowest BCUT2D eigenvalue weighted by atomic mass is 9.76. The third-order valence-electron chi connectivity index (χ3n) is 7.11. The van der Waals surface area contributed by atoms with E-state index < -0.39 is 0 Å². The number of hydrogen-bond acceptors (Lipinski definition) is 4. The van der Waals surface area contributed by atoms with Gasteiger partial charge in [-0.1, -0.05) is 18.2 Å². The number of benzene rings is 2. The number of nitrogens with zero attached hydrogens (tertiary/aromatic N) is 2. The van der Waals surface area contributed by atoms with Crippen molar-refractivity contribution in [3.05, 3.63) is 65.9 Å². The van der Waals surface area contributed by atoms with Crippen LogP contribution in [0.4, 0.5) is 4.39 Å². The van der Waals surface area contributed by atoms with Crippen molar-refractivity contribution in [1.29, 1.82) is 0 Å². The van der Waals surface area contributed by atoms with E-state index in [-0.39, 0.29) is 30.4 Å². The van der Waals surface area contributed by atoms with E-state index in [2.05, 4.69) is 17.1 Å². The number of carbonyl (C=O) groups is 1. The highest BCUT2D eigenvalue weighted by molar-refractivity contribution is 5.83. The number of Topliss-reactive ketones (excluding diaryl/α,β-unsaturated/α-hetero) is 1. The van der Waals surface area contributed by atoms with Gasteiger partial charge in [-0.2, -0.15) is 0 Å². The first-order valence-electron chi connectivity index (χ1n) is 10.9. The molecule has 1 aromatic heterocycles. The molecular weight excluding hydrogens is 395 g/mol. The molecule has 1 fully saturated rings. The molecule has 5 nitrogen and oxygen atoms in total. The Labute approximate surface area is 179 Å². The zero-order valence-electron chi connectivity index (χ0n) is 17.1. The summed E-state index contributed by atoms with van der Waals surface area (Å²) < 4.78 is 27.5. The molecule has 6 heteroatoms. The molecule has 2 aliphatic heterocycles. The number of ketones is 1. The molecule has 3 heterocycles. The summed E-state index contributed by atoms with van der Waals surface area (Å²) in [5.74, 6) is 2.07. The summed E-state index contributed by atoms with van der Waals surface area (Å²) in [5, 5.41) is 0. The van der Waals surface area contributed by atoms with Gasteiger partial charge < -0.3 is 14.0 Å². The Morgan fingerprint density at radius 2 is 1.94 bits per heavy atom. The molecule has 3 aliphatic rings. The molecule has 0 radical (unpaired) electrons. The van der Waals surface area contributed by atoms with Crippen molar-refractivity contribution in [3.63, 3.8) is 0 Å². The maximum Gasteiger partial charge on any atom is 0.231 e. The first-order valence-corrected chi connectivity index (χ1v) is 10.9. The number of rotatable bonds is 4. The lowest BCUT2D eigenvalue weighted by molar-refractivity contribution is -0.124. The Kier molecular flexibility index (Phi) is 4.33. The molecular formula is C25H23FN2O3. The third kappa shape index (κ3) is 3.04. The molecule has 3 aromatic rings. The maximum absolute atomic E-state index is 14.6. The Balaban J connectivity index is 1.15. The molecule has 6 rings (SSSR count). The number of carbonyl (C=O) groups excluding carboxylic acids is 1. The molecule has 0 saturated heterocycles. The van der Waals surface area contributed by atoms with Crippen LogP contribution in [0.15, 0.2) is 48.9 Å². The van der Waals surface area contributed by atoms with Gasteiger partial charge in [-0.3, -0.25) is 4.79 Å². The Hall–Kier alpha value is -3.15. The average molecular weight is 418 g/mol. The number of imidazole rings is 1. The molecule has 0 N–H and O–H groups in total. The van der Waals surface area contributed by atoms with E-state index in [1.807, 2.05) is 16.7 Å². The summed E-state index contributed by atoms with van der Waals surface area (Å²) in [4.78, 5) is 17.4. The molecule has 1 saturated carbocycles. The van der Waals surface area contributed by atoms with Gasteiger partial charge in [0.05, 0.1) is 24.3 Å². The molecule has 1 aliphatic carbocycles. The average Bonchev–Trinajstić information content (AvgIpc) is 3.51. The van der Waals surface area contributed by atoms with Crippen LogP contribution in [0.2, 0.25) is 0 Å². The van der Waals surface area contributed by atoms with Gasteiger partial charge in [-0.05, 0) is 55.4 Å². The van der Waals surface area contributed by atoms with Gasteiger partial charge in [0.15, 0.2) is 11.5 Å². The minimum absolute atomic E-state index is 0.0352. The van der Waals surface area contributed by atoms with E-state index in [9.17, 15) is 9.18 Å². The van der Waals surface area contributed by atoms with E-state index in [0.717, 1.165) is 48.4 Å². The monoisotopic (exact) mass is 418 g/mol. The fourth-order valence-corrected chi connectivity index (χ4v) is 5.47. The molecule has 0 amide bonds. The summed E-state index contributed by atoms with van der Waals surface area (Å²) in [5.41, 5.74) is 3.62. The van der Waals surface area contributed by atoms with Crippen LogP contribution < -0.4 is 9.47 Å². The van der Waals surface area contributed by atoms with Crippen LogP contribution in [0.25, 0.3) is 11.3 Å². The minimum Gasteiger partial charge on any atom is -0.454 e. The predicted octanol–water partition coefficient (Wildman–Crippen LogP) is 5.25. The van der Waals surface area contributed by atoms with Gasteiger partial charge >= 0.3 is 0 Å². The van der Waals surface area contributed by atoms with Gasteiger partial charge in [0, 0.05) is 23.5 Å². The molecule has 0 spiro atoms. The summed E-state index contributed by atoms with van der Waals surface area (Å²) in [6, 6.07) is 11.0. The van der Waals surface area contributed by atoms with Crippen molar-refractivity contribution >= 4 is 5.78 Å². The number of aromatic nitrogens is 2. The summed E-state index contributed by atoms with van der Waals surface area (Å²) >= 11 is 0. The molecule has 1 unspecified atom stereocenters. The fourth-order valence-electron chi connectivity index (χ4n) is 5.47.